The third-order valence-electron chi connectivity index (χ3n) is 2.95. The van der Waals surface area contributed by atoms with Crippen molar-refractivity contribution < 1.29 is 14.7 Å². The zero-order valence-corrected chi connectivity index (χ0v) is 13.9. The Morgan fingerprint density at radius 2 is 2.00 bits per heavy atom. The maximum absolute atomic E-state index is 11.9. The van der Waals surface area contributed by atoms with Gasteiger partial charge in [-0.1, -0.05) is 22.0 Å². The second kappa shape index (κ2) is 7.83. The van der Waals surface area contributed by atoms with E-state index in [1.54, 1.807) is 14.1 Å². The summed E-state index contributed by atoms with van der Waals surface area (Å²) in [4.78, 5) is 26.0. The minimum Gasteiger partial charge on any atom is -0.478 e. The van der Waals surface area contributed by atoms with Crippen LogP contribution in [-0.2, 0) is 9.59 Å². The summed E-state index contributed by atoms with van der Waals surface area (Å²) >= 11 is 3.41. The molecule has 6 heteroatoms. The molecule has 1 N–H and O–H groups in total. The molecule has 1 amide bonds. The predicted molar refractivity (Wildman–Crippen MR) is 87.4 cm³/mol. The number of rotatable bonds is 6. The highest BCUT2D eigenvalue weighted by Crippen LogP contribution is 2.26. The van der Waals surface area contributed by atoms with Crippen molar-refractivity contribution in [2.45, 2.75) is 6.92 Å². The fourth-order valence-electron chi connectivity index (χ4n) is 1.76. The third kappa shape index (κ3) is 5.23. The van der Waals surface area contributed by atoms with Crippen LogP contribution < -0.4 is 4.90 Å². The number of halogens is 1. The van der Waals surface area contributed by atoms with Gasteiger partial charge in [-0.2, -0.15) is 0 Å². The third-order valence-corrected chi connectivity index (χ3v) is 3.44. The predicted octanol–water partition coefficient (Wildman–Crippen LogP) is 2.46. The molecule has 0 saturated heterocycles. The number of hydrogen-bond donors (Lipinski definition) is 1. The molecular weight excluding hydrogens is 336 g/mol. The van der Waals surface area contributed by atoms with Gasteiger partial charge in [-0.3, -0.25) is 4.79 Å². The van der Waals surface area contributed by atoms with Crippen molar-refractivity contribution in [2.24, 2.45) is 0 Å². The molecule has 1 aromatic carbocycles. The van der Waals surface area contributed by atoms with Crippen molar-refractivity contribution in [1.29, 1.82) is 0 Å². The number of carbonyl (C=O) groups excluding carboxylic acids is 1. The van der Waals surface area contributed by atoms with E-state index in [0.29, 0.717) is 6.54 Å². The van der Waals surface area contributed by atoms with E-state index in [4.69, 9.17) is 5.11 Å². The second-order valence-corrected chi connectivity index (χ2v) is 5.59. The zero-order valence-electron chi connectivity index (χ0n) is 12.3. The van der Waals surface area contributed by atoms with Crippen LogP contribution in [0.25, 0.3) is 6.08 Å². The summed E-state index contributed by atoms with van der Waals surface area (Å²) in [5.41, 5.74) is 1.58. The van der Waals surface area contributed by atoms with E-state index in [-0.39, 0.29) is 12.5 Å². The Labute approximate surface area is 133 Å². The normalized spacial score (nSPS) is 10.7. The minimum absolute atomic E-state index is 0.00927. The van der Waals surface area contributed by atoms with E-state index < -0.39 is 5.97 Å². The lowest BCUT2D eigenvalue weighted by Gasteiger charge is -2.26. The number of benzene rings is 1. The number of anilines is 1. The van der Waals surface area contributed by atoms with Gasteiger partial charge in [0, 0.05) is 36.9 Å². The first kappa shape index (κ1) is 17.2. The number of hydrogen-bond acceptors (Lipinski definition) is 3. The van der Waals surface area contributed by atoms with Crippen LogP contribution in [0.2, 0.25) is 0 Å². The van der Waals surface area contributed by atoms with Crippen molar-refractivity contribution in [2.75, 3.05) is 32.1 Å². The average molecular weight is 355 g/mol. The minimum atomic E-state index is -1.00. The van der Waals surface area contributed by atoms with Gasteiger partial charge in [0.25, 0.3) is 0 Å². The molecule has 0 heterocycles. The fraction of sp³-hybridized carbons (Fsp3) is 0.333. The highest BCUT2D eigenvalue weighted by molar-refractivity contribution is 9.10. The van der Waals surface area contributed by atoms with Gasteiger partial charge in [-0.25, -0.2) is 4.79 Å². The summed E-state index contributed by atoms with van der Waals surface area (Å²) in [6.07, 6.45) is 2.63. The first-order valence-corrected chi connectivity index (χ1v) is 7.30. The fourth-order valence-corrected chi connectivity index (χ4v) is 2.11. The van der Waals surface area contributed by atoms with Crippen molar-refractivity contribution in [1.82, 2.24) is 4.90 Å². The molecule has 5 nitrogen and oxygen atoms in total. The van der Waals surface area contributed by atoms with E-state index >= 15 is 0 Å². The van der Waals surface area contributed by atoms with Gasteiger partial charge in [0.15, 0.2) is 0 Å². The maximum atomic E-state index is 11.9. The quantitative estimate of drug-likeness (QED) is 0.797. The summed E-state index contributed by atoms with van der Waals surface area (Å²) in [7, 11) is 3.42. The number of carboxylic acids is 1. The van der Waals surface area contributed by atoms with Gasteiger partial charge in [0.2, 0.25) is 5.91 Å². The SMILES string of the molecule is CCN(CC(=O)N(C)C)c1cc(Br)ccc1C=CC(=O)O. The molecule has 0 fully saturated rings. The van der Waals surface area contributed by atoms with E-state index in [9.17, 15) is 9.59 Å². The molecule has 0 saturated carbocycles. The van der Waals surface area contributed by atoms with Crippen LogP contribution >= 0.6 is 15.9 Å². The number of aliphatic carboxylic acids is 1. The lowest BCUT2D eigenvalue weighted by Crippen LogP contribution is -2.36. The standard InChI is InChI=1S/C15H19BrN2O3/c1-4-18(10-14(19)17(2)3)13-9-12(16)7-5-11(13)6-8-15(20)21/h5-9H,4,10H2,1-3H3,(H,20,21). The molecule has 0 aliphatic rings. The lowest BCUT2D eigenvalue weighted by atomic mass is 10.1. The lowest BCUT2D eigenvalue weighted by molar-refractivity contribution is -0.131. The van der Waals surface area contributed by atoms with Crippen LogP contribution in [-0.4, -0.2) is 49.1 Å². The molecule has 1 rings (SSSR count). The molecular formula is C15H19BrN2O3. The molecule has 0 aliphatic carbocycles. The van der Waals surface area contributed by atoms with Crippen LogP contribution in [0.5, 0.6) is 0 Å². The molecule has 0 bridgehead atoms. The number of nitrogens with zero attached hydrogens (tertiary/aromatic N) is 2. The smallest absolute Gasteiger partial charge is 0.328 e. The van der Waals surface area contributed by atoms with Crippen LogP contribution in [0.15, 0.2) is 28.7 Å². The van der Waals surface area contributed by atoms with Gasteiger partial charge in [0.05, 0.1) is 6.54 Å². The van der Waals surface area contributed by atoms with Crippen LogP contribution in [0.1, 0.15) is 12.5 Å². The average Bonchev–Trinajstić information content (AvgIpc) is 2.42. The highest BCUT2D eigenvalue weighted by Gasteiger charge is 2.14. The largest absolute Gasteiger partial charge is 0.478 e. The molecule has 1 aromatic rings. The Balaban J connectivity index is 3.14. The first-order chi connectivity index (χ1) is 9.85. The summed E-state index contributed by atoms with van der Waals surface area (Å²) in [6, 6.07) is 5.54. The summed E-state index contributed by atoms with van der Waals surface area (Å²) < 4.78 is 0.876. The van der Waals surface area contributed by atoms with Crippen molar-refractivity contribution in [3.05, 3.63) is 34.3 Å². The van der Waals surface area contributed by atoms with Gasteiger partial charge >= 0.3 is 5.97 Å². The van der Waals surface area contributed by atoms with Crippen LogP contribution in [0, 0.1) is 0 Å². The molecule has 0 aliphatic heterocycles. The van der Waals surface area contributed by atoms with Crippen LogP contribution in [0.3, 0.4) is 0 Å². The number of amides is 1. The van der Waals surface area contributed by atoms with Crippen molar-refractivity contribution in [3.8, 4) is 0 Å². The van der Waals surface area contributed by atoms with Gasteiger partial charge in [-0.15, -0.1) is 0 Å². The van der Waals surface area contributed by atoms with Crippen LogP contribution in [0.4, 0.5) is 5.69 Å². The molecule has 0 spiro atoms. The van der Waals surface area contributed by atoms with E-state index in [1.165, 1.54) is 11.0 Å². The Hall–Kier alpha value is -1.82. The summed E-state index contributed by atoms with van der Waals surface area (Å²) in [5, 5.41) is 8.76. The second-order valence-electron chi connectivity index (χ2n) is 4.68. The Morgan fingerprint density at radius 1 is 1.33 bits per heavy atom. The van der Waals surface area contributed by atoms with Gasteiger partial charge in [0.1, 0.15) is 0 Å². The topological polar surface area (TPSA) is 60.9 Å². The number of carboxylic acid groups (broad SMARTS) is 1. The molecule has 0 radical (unpaired) electrons. The first-order valence-electron chi connectivity index (χ1n) is 6.50. The molecule has 21 heavy (non-hydrogen) atoms. The molecule has 0 atom stereocenters. The summed E-state index contributed by atoms with van der Waals surface area (Å²) in [5.74, 6) is -1.01. The maximum Gasteiger partial charge on any atom is 0.328 e. The zero-order chi connectivity index (χ0) is 16.0. The van der Waals surface area contributed by atoms with Crippen molar-refractivity contribution in [3.63, 3.8) is 0 Å². The molecule has 0 aromatic heterocycles. The van der Waals surface area contributed by atoms with Gasteiger partial charge < -0.3 is 14.9 Å². The Morgan fingerprint density at radius 3 is 2.52 bits per heavy atom. The Bertz CT molecular complexity index is 556. The number of carbonyl (C=O) groups is 2. The molecule has 114 valence electrons. The number of likely N-dealkylation sites (N-methyl/N-ethyl adjacent to an activating group) is 2. The van der Waals surface area contributed by atoms with E-state index in [2.05, 4.69) is 15.9 Å². The highest BCUT2D eigenvalue weighted by atomic mass is 79.9. The monoisotopic (exact) mass is 354 g/mol. The van der Waals surface area contributed by atoms with E-state index in [1.807, 2.05) is 30.0 Å². The Kier molecular flexibility index (Phi) is 6.42. The van der Waals surface area contributed by atoms with Gasteiger partial charge in [-0.05, 0) is 30.7 Å². The summed E-state index contributed by atoms with van der Waals surface area (Å²) in [6.45, 7) is 2.84. The van der Waals surface area contributed by atoms with Crippen molar-refractivity contribution >= 4 is 39.6 Å². The van der Waals surface area contributed by atoms with E-state index in [0.717, 1.165) is 21.8 Å². The molecule has 0 unspecified atom stereocenters.